The van der Waals surface area contributed by atoms with Gasteiger partial charge in [-0.25, -0.2) is 4.39 Å². The molecular weight excluding hydrogens is 391 g/mol. The van der Waals surface area contributed by atoms with Gasteiger partial charge in [0.05, 0.1) is 5.25 Å². The fraction of sp³-hybridized carbons (Fsp3) is 0.111. The molecule has 0 aliphatic carbocycles. The SMILES string of the molecule is C[C@H](Sc1nnc(-c2ccc(Cl)cc2)o1)c1nnc(-c2ccc(F)cc2)o1. The van der Waals surface area contributed by atoms with Crippen molar-refractivity contribution in [2.24, 2.45) is 0 Å². The Morgan fingerprint density at radius 3 is 2.15 bits per heavy atom. The molecule has 0 saturated carbocycles. The molecule has 0 aliphatic heterocycles. The van der Waals surface area contributed by atoms with Crippen molar-refractivity contribution in [3.05, 3.63) is 65.3 Å². The predicted octanol–water partition coefficient (Wildman–Crippen LogP) is 5.43. The summed E-state index contributed by atoms with van der Waals surface area (Å²) < 4.78 is 24.4. The molecule has 0 spiro atoms. The zero-order valence-corrected chi connectivity index (χ0v) is 15.5. The molecule has 2 aromatic carbocycles. The summed E-state index contributed by atoms with van der Waals surface area (Å²) in [6.07, 6.45) is 0. The molecule has 0 fully saturated rings. The molecule has 6 nitrogen and oxygen atoms in total. The Labute approximate surface area is 162 Å². The Balaban J connectivity index is 1.47. The normalized spacial score (nSPS) is 12.3. The highest BCUT2D eigenvalue weighted by atomic mass is 35.5. The van der Waals surface area contributed by atoms with Gasteiger partial charge in [-0.3, -0.25) is 0 Å². The highest BCUT2D eigenvalue weighted by Crippen LogP contribution is 2.35. The van der Waals surface area contributed by atoms with Gasteiger partial charge in [0.2, 0.25) is 17.7 Å². The minimum Gasteiger partial charge on any atom is -0.419 e. The molecule has 27 heavy (non-hydrogen) atoms. The molecule has 0 aliphatic rings. The van der Waals surface area contributed by atoms with Crippen LogP contribution in [0.15, 0.2) is 62.6 Å². The van der Waals surface area contributed by atoms with Gasteiger partial charge in [0.25, 0.3) is 5.22 Å². The first kappa shape index (κ1) is 17.7. The highest BCUT2D eigenvalue weighted by molar-refractivity contribution is 7.99. The summed E-state index contributed by atoms with van der Waals surface area (Å²) in [5, 5.41) is 17.0. The summed E-state index contributed by atoms with van der Waals surface area (Å²) in [5.74, 6) is 0.810. The third-order valence-corrected chi connectivity index (χ3v) is 4.83. The van der Waals surface area contributed by atoms with Crippen molar-refractivity contribution in [2.45, 2.75) is 17.4 Å². The Bertz CT molecular complexity index is 1050. The number of aromatic nitrogens is 4. The van der Waals surface area contributed by atoms with Crippen molar-refractivity contribution < 1.29 is 13.2 Å². The standard InChI is InChI=1S/C18H12ClFN4O2S/c1-10(15-21-22-16(25-15)12-4-8-14(20)9-5-12)27-18-24-23-17(26-18)11-2-6-13(19)7-3-11/h2-10H,1H3/t10-/m0/s1. The Kier molecular flexibility index (Phi) is 4.91. The topological polar surface area (TPSA) is 77.8 Å². The average molecular weight is 403 g/mol. The molecule has 0 unspecified atom stereocenters. The number of halogens is 2. The van der Waals surface area contributed by atoms with Gasteiger partial charge in [0, 0.05) is 16.1 Å². The van der Waals surface area contributed by atoms with Crippen LogP contribution in [0.1, 0.15) is 18.1 Å². The summed E-state index contributed by atoms with van der Waals surface area (Å²) in [5.41, 5.74) is 1.43. The molecule has 2 heterocycles. The van der Waals surface area contributed by atoms with Gasteiger partial charge in [-0.15, -0.1) is 20.4 Å². The van der Waals surface area contributed by atoms with E-state index in [0.717, 1.165) is 5.56 Å². The van der Waals surface area contributed by atoms with Crippen LogP contribution in [0.25, 0.3) is 22.9 Å². The van der Waals surface area contributed by atoms with E-state index in [-0.39, 0.29) is 11.1 Å². The van der Waals surface area contributed by atoms with Crippen molar-refractivity contribution >= 4 is 23.4 Å². The highest BCUT2D eigenvalue weighted by Gasteiger charge is 2.20. The molecule has 0 amide bonds. The molecule has 136 valence electrons. The van der Waals surface area contributed by atoms with Crippen LogP contribution >= 0.6 is 23.4 Å². The fourth-order valence-corrected chi connectivity index (χ4v) is 3.12. The second-order valence-corrected chi connectivity index (χ2v) is 7.32. The zero-order chi connectivity index (χ0) is 18.8. The number of hydrogen-bond donors (Lipinski definition) is 0. The van der Waals surface area contributed by atoms with E-state index in [1.165, 1.54) is 23.9 Å². The van der Waals surface area contributed by atoms with E-state index in [1.54, 1.807) is 36.4 Å². The minimum atomic E-state index is -0.324. The summed E-state index contributed by atoms with van der Waals surface area (Å²) in [6, 6.07) is 13.0. The average Bonchev–Trinajstić information content (AvgIpc) is 3.33. The van der Waals surface area contributed by atoms with Crippen LogP contribution in [-0.4, -0.2) is 20.4 Å². The van der Waals surface area contributed by atoms with Crippen LogP contribution in [-0.2, 0) is 0 Å². The summed E-state index contributed by atoms with van der Waals surface area (Å²) >= 11 is 7.19. The molecule has 0 radical (unpaired) electrons. The maximum atomic E-state index is 13.0. The Morgan fingerprint density at radius 1 is 0.852 bits per heavy atom. The van der Waals surface area contributed by atoms with Crippen LogP contribution in [0.4, 0.5) is 4.39 Å². The lowest BCUT2D eigenvalue weighted by Crippen LogP contribution is -1.88. The maximum Gasteiger partial charge on any atom is 0.277 e. The molecule has 4 rings (SSSR count). The maximum absolute atomic E-state index is 13.0. The van der Waals surface area contributed by atoms with Crippen LogP contribution in [0.5, 0.6) is 0 Å². The van der Waals surface area contributed by atoms with E-state index in [4.69, 9.17) is 20.4 Å². The molecule has 0 saturated heterocycles. The van der Waals surface area contributed by atoms with Crippen molar-refractivity contribution in [1.82, 2.24) is 20.4 Å². The third-order valence-electron chi connectivity index (χ3n) is 3.65. The van der Waals surface area contributed by atoms with Crippen molar-refractivity contribution in [3.8, 4) is 22.9 Å². The molecule has 0 N–H and O–H groups in total. The number of benzene rings is 2. The second kappa shape index (κ2) is 7.50. The summed E-state index contributed by atoms with van der Waals surface area (Å²) in [6.45, 7) is 1.89. The predicted molar refractivity (Wildman–Crippen MR) is 98.7 cm³/mol. The van der Waals surface area contributed by atoms with E-state index in [2.05, 4.69) is 20.4 Å². The largest absolute Gasteiger partial charge is 0.419 e. The smallest absolute Gasteiger partial charge is 0.277 e. The molecule has 4 aromatic rings. The van der Waals surface area contributed by atoms with Crippen LogP contribution in [0, 0.1) is 5.82 Å². The van der Waals surface area contributed by atoms with E-state index in [0.29, 0.717) is 33.5 Å². The first-order valence-corrected chi connectivity index (χ1v) is 9.20. The Morgan fingerprint density at radius 2 is 1.44 bits per heavy atom. The van der Waals surface area contributed by atoms with Crippen molar-refractivity contribution in [1.29, 1.82) is 0 Å². The monoisotopic (exact) mass is 402 g/mol. The van der Waals surface area contributed by atoms with Gasteiger partial charge in [0.15, 0.2) is 0 Å². The van der Waals surface area contributed by atoms with Gasteiger partial charge >= 0.3 is 0 Å². The Hall–Kier alpha value is -2.71. The third kappa shape index (κ3) is 4.01. The van der Waals surface area contributed by atoms with Crippen molar-refractivity contribution in [3.63, 3.8) is 0 Å². The molecule has 9 heteroatoms. The summed E-state index contributed by atoms with van der Waals surface area (Å²) in [4.78, 5) is 0. The van der Waals surface area contributed by atoms with Crippen LogP contribution < -0.4 is 0 Å². The van der Waals surface area contributed by atoms with Crippen LogP contribution in [0.2, 0.25) is 5.02 Å². The number of nitrogens with zero attached hydrogens (tertiary/aromatic N) is 4. The minimum absolute atomic E-state index is 0.204. The van der Waals surface area contributed by atoms with Crippen molar-refractivity contribution in [2.75, 3.05) is 0 Å². The van der Waals surface area contributed by atoms with Crippen LogP contribution in [0.3, 0.4) is 0 Å². The number of rotatable bonds is 5. The van der Waals surface area contributed by atoms with Gasteiger partial charge < -0.3 is 8.83 Å². The van der Waals surface area contributed by atoms with Gasteiger partial charge in [-0.2, -0.15) is 0 Å². The molecular formula is C18H12ClFN4O2S. The van der Waals surface area contributed by atoms with Gasteiger partial charge in [0.1, 0.15) is 5.82 Å². The quantitative estimate of drug-likeness (QED) is 0.411. The molecule has 0 bridgehead atoms. The van der Waals surface area contributed by atoms with E-state index in [1.807, 2.05) is 6.92 Å². The number of thioether (sulfide) groups is 1. The lowest BCUT2D eigenvalue weighted by molar-refractivity contribution is 0.461. The van der Waals surface area contributed by atoms with E-state index >= 15 is 0 Å². The number of hydrogen-bond acceptors (Lipinski definition) is 7. The summed E-state index contributed by atoms with van der Waals surface area (Å²) in [7, 11) is 0. The lowest BCUT2D eigenvalue weighted by atomic mass is 10.2. The first-order valence-electron chi connectivity index (χ1n) is 7.94. The lowest BCUT2D eigenvalue weighted by Gasteiger charge is -2.01. The fourth-order valence-electron chi connectivity index (χ4n) is 2.28. The molecule has 1 atom stereocenters. The van der Waals surface area contributed by atoms with Gasteiger partial charge in [-0.05, 0) is 55.5 Å². The van der Waals surface area contributed by atoms with E-state index in [9.17, 15) is 4.39 Å². The van der Waals surface area contributed by atoms with E-state index < -0.39 is 0 Å². The second-order valence-electron chi connectivity index (χ2n) is 5.59. The first-order chi connectivity index (χ1) is 13.1. The zero-order valence-electron chi connectivity index (χ0n) is 14.0. The van der Waals surface area contributed by atoms with Gasteiger partial charge in [-0.1, -0.05) is 23.4 Å². The molecule has 2 aromatic heterocycles.